The van der Waals surface area contributed by atoms with Crippen LogP contribution in [0.15, 0.2) is 42.5 Å². The Bertz CT molecular complexity index is 638. The molecule has 0 fully saturated rings. The van der Waals surface area contributed by atoms with Gasteiger partial charge in [-0.25, -0.2) is 4.79 Å². The van der Waals surface area contributed by atoms with E-state index in [1.54, 1.807) is 18.2 Å². The second-order valence-electron chi connectivity index (χ2n) is 4.75. The number of esters is 1. The molecule has 22 heavy (non-hydrogen) atoms. The summed E-state index contributed by atoms with van der Waals surface area (Å²) in [5, 5.41) is 0. The first-order valence-corrected chi connectivity index (χ1v) is 6.90. The Kier molecular flexibility index (Phi) is 5.25. The zero-order valence-corrected chi connectivity index (χ0v) is 12.7. The summed E-state index contributed by atoms with van der Waals surface area (Å²) >= 11 is 0. The van der Waals surface area contributed by atoms with Crippen molar-refractivity contribution in [3.05, 3.63) is 53.6 Å². The van der Waals surface area contributed by atoms with Gasteiger partial charge in [-0.3, -0.25) is 0 Å². The van der Waals surface area contributed by atoms with Crippen LogP contribution in [0.4, 0.5) is 5.69 Å². The van der Waals surface area contributed by atoms with Crippen molar-refractivity contribution in [1.82, 2.24) is 0 Å². The molecule has 0 unspecified atom stereocenters. The summed E-state index contributed by atoms with van der Waals surface area (Å²) in [5.41, 5.74) is 7.86. The number of carbonyl (C=O) groups is 1. The van der Waals surface area contributed by atoms with Crippen molar-refractivity contribution < 1.29 is 19.0 Å². The molecular weight excluding hydrogens is 282 g/mol. The van der Waals surface area contributed by atoms with E-state index in [1.165, 1.54) is 12.7 Å². The van der Waals surface area contributed by atoms with Crippen LogP contribution < -0.4 is 15.2 Å². The first kappa shape index (κ1) is 15.7. The fourth-order valence-corrected chi connectivity index (χ4v) is 1.85. The van der Waals surface area contributed by atoms with Gasteiger partial charge in [-0.15, -0.1) is 0 Å². The maximum Gasteiger partial charge on any atom is 0.337 e. The molecule has 2 N–H and O–H groups in total. The number of carbonyl (C=O) groups excluding carboxylic acids is 1. The zero-order valence-electron chi connectivity index (χ0n) is 12.7. The van der Waals surface area contributed by atoms with E-state index in [-0.39, 0.29) is 0 Å². The van der Waals surface area contributed by atoms with Gasteiger partial charge in [0.1, 0.15) is 24.7 Å². The van der Waals surface area contributed by atoms with Gasteiger partial charge in [-0.2, -0.15) is 0 Å². The van der Waals surface area contributed by atoms with Gasteiger partial charge in [0.25, 0.3) is 0 Å². The highest BCUT2D eigenvalue weighted by Crippen LogP contribution is 2.23. The van der Waals surface area contributed by atoms with Crippen molar-refractivity contribution in [3.63, 3.8) is 0 Å². The van der Waals surface area contributed by atoms with Gasteiger partial charge >= 0.3 is 5.97 Å². The van der Waals surface area contributed by atoms with Crippen LogP contribution in [0.1, 0.15) is 15.9 Å². The van der Waals surface area contributed by atoms with Crippen LogP contribution >= 0.6 is 0 Å². The van der Waals surface area contributed by atoms with Crippen molar-refractivity contribution in [2.45, 2.75) is 6.92 Å². The number of nitrogens with two attached hydrogens (primary N) is 1. The zero-order chi connectivity index (χ0) is 15.9. The lowest BCUT2D eigenvalue weighted by molar-refractivity contribution is 0.0600. The number of benzene rings is 2. The standard InChI is InChI=1S/C17H19NO4/c1-12-3-6-14(7-4-12)21-9-10-22-16-11-13(17(19)20-2)5-8-15(16)18/h3-8,11H,9-10,18H2,1-2H3. The Labute approximate surface area is 129 Å². The van der Waals surface area contributed by atoms with E-state index < -0.39 is 5.97 Å². The number of methoxy groups -OCH3 is 1. The van der Waals surface area contributed by atoms with E-state index in [0.717, 1.165) is 5.75 Å². The fraction of sp³-hybridized carbons (Fsp3) is 0.235. The van der Waals surface area contributed by atoms with Gasteiger partial charge in [-0.05, 0) is 37.3 Å². The van der Waals surface area contributed by atoms with E-state index in [9.17, 15) is 4.79 Å². The van der Waals surface area contributed by atoms with E-state index >= 15 is 0 Å². The minimum Gasteiger partial charge on any atom is -0.490 e. The summed E-state index contributed by atoms with van der Waals surface area (Å²) in [6, 6.07) is 12.5. The normalized spacial score (nSPS) is 10.1. The van der Waals surface area contributed by atoms with Crippen LogP contribution in [0.25, 0.3) is 0 Å². The third-order valence-corrected chi connectivity index (χ3v) is 3.07. The predicted molar refractivity (Wildman–Crippen MR) is 84.4 cm³/mol. The van der Waals surface area contributed by atoms with E-state index in [4.69, 9.17) is 15.2 Å². The number of ether oxygens (including phenoxy) is 3. The molecule has 0 aromatic heterocycles. The Morgan fingerprint density at radius 1 is 1.05 bits per heavy atom. The molecule has 5 heteroatoms. The van der Waals surface area contributed by atoms with E-state index in [0.29, 0.717) is 30.2 Å². The molecule has 0 saturated carbocycles. The second-order valence-corrected chi connectivity index (χ2v) is 4.75. The quantitative estimate of drug-likeness (QED) is 0.504. The Morgan fingerprint density at radius 2 is 1.73 bits per heavy atom. The van der Waals surface area contributed by atoms with Crippen LogP contribution in [0, 0.1) is 6.92 Å². The second kappa shape index (κ2) is 7.36. The first-order valence-electron chi connectivity index (χ1n) is 6.90. The molecule has 5 nitrogen and oxygen atoms in total. The summed E-state index contributed by atoms with van der Waals surface area (Å²) in [6.07, 6.45) is 0. The summed E-state index contributed by atoms with van der Waals surface area (Å²) in [7, 11) is 1.33. The van der Waals surface area contributed by atoms with Crippen LogP contribution in [0.5, 0.6) is 11.5 Å². The molecule has 2 rings (SSSR count). The Hall–Kier alpha value is -2.69. The van der Waals surface area contributed by atoms with Gasteiger partial charge in [0, 0.05) is 0 Å². The molecule has 2 aromatic carbocycles. The molecule has 0 atom stereocenters. The molecule has 0 aliphatic carbocycles. The number of anilines is 1. The molecule has 0 spiro atoms. The van der Waals surface area contributed by atoms with E-state index in [2.05, 4.69) is 4.74 Å². The summed E-state index contributed by atoms with van der Waals surface area (Å²) in [4.78, 5) is 11.5. The monoisotopic (exact) mass is 301 g/mol. The number of rotatable bonds is 6. The van der Waals surface area contributed by atoms with Crippen molar-refractivity contribution in [2.24, 2.45) is 0 Å². The highest BCUT2D eigenvalue weighted by atomic mass is 16.5. The minimum atomic E-state index is -0.430. The van der Waals surface area contributed by atoms with Crippen molar-refractivity contribution in [3.8, 4) is 11.5 Å². The molecule has 116 valence electrons. The number of hydrogen-bond donors (Lipinski definition) is 1. The minimum absolute atomic E-state index is 0.322. The highest BCUT2D eigenvalue weighted by molar-refractivity contribution is 5.90. The highest BCUT2D eigenvalue weighted by Gasteiger charge is 2.09. The molecule has 0 saturated heterocycles. The number of nitrogen functional groups attached to an aromatic ring is 1. The molecule has 0 radical (unpaired) electrons. The van der Waals surface area contributed by atoms with Crippen LogP contribution in [-0.2, 0) is 4.74 Å². The summed E-state index contributed by atoms with van der Waals surface area (Å²) in [6.45, 7) is 2.72. The fourth-order valence-electron chi connectivity index (χ4n) is 1.85. The lowest BCUT2D eigenvalue weighted by atomic mass is 10.2. The van der Waals surface area contributed by atoms with Crippen molar-refractivity contribution >= 4 is 11.7 Å². The maximum absolute atomic E-state index is 11.5. The lowest BCUT2D eigenvalue weighted by Gasteiger charge is -2.11. The lowest BCUT2D eigenvalue weighted by Crippen LogP contribution is -2.11. The Morgan fingerprint density at radius 3 is 2.41 bits per heavy atom. The SMILES string of the molecule is COC(=O)c1ccc(N)c(OCCOc2ccc(C)cc2)c1. The van der Waals surface area contributed by atoms with E-state index in [1.807, 2.05) is 31.2 Å². The Balaban J connectivity index is 1.88. The molecule has 0 heterocycles. The smallest absolute Gasteiger partial charge is 0.337 e. The van der Waals surface area contributed by atoms with Gasteiger partial charge in [-0.1, -0.05) is 17.7 Å². The van der Waals surface area contributed by atoms with Gasteiger partial charge in [0.15, 0.2) is 0 Å². The predicted octanol–water partition coefficient (Wildman–Crippen LogP) is 2.82. The molecular formula is C17H19NO4. The third kappa shape index (κ3) is 4.15. The average molecular weight is 301 g/mol. The van der Waals surface area contributed by atoms with Gasteiger partial charge in [0.05, 0.1) is 18.4 Å². The molecule has 0 amide bonds. The van der Waals surface area contributed by atoms with Crippen molar-refractivity contribution in [1.29, 1.82) is 0 Å². The molecule has 0 aliphatic heterocycles. The van der Waals surface area contributed by atoms with Crippen LogP contribution in [-0.4, -0.2) is 26.3 Å². The largest absolute Gasteiger partial charge is 0.490 e. The van der Waals surface area contributed by atoms with Crippen LogP contribution in [0.2, 0.25) is 0 Å². The molecule has 0 bridgehead atoms. The topological polar surface area (TPSA) is 70.8 Å². The summed E-state index contributed by atoms with van der Waals surface area (Å²) < 4.78 is 15.8. The van der Waals surface area contributed by atoms with Gasteiger partial charge < -0.3 is 19.9 Å². The third-order valence-electron chi connectivity index (χ3n) is 3.07. The maximum atomic E-state index is 11.5. The number of hydrogen-bond acceptors (Lipinski definition) is 5. The van der Waals surface area contributed by atoms with Crippen molar-refractivity contribution in [2.75, 3.05) is 26.1 Å². The molecule has 2 aromatic rings. The first-order chi connectivity index (χ1) is 10.6. The number of aryl methyl sites for hydroxylation is 1. The van der Waals surface area contributed by atoms with Gasteiger partial charge in [0.2, 0.25) is 0 Å². The summed E-state index contributed by atoms with van der Waals surface area (Å²) in [5.74, 6) is 0.793. The van der Waals surface area contributed by atoms with Crippen LogP contribution in [0.3, 0.4) is 0 Å². The molecule has 0 aliphatic rings. The average Bonchev–Trinajstić information content (AvgIpc) is 2.54.